The predicted molar refractivity (Wildman–Crippen MR) is 82.6 cm³/mol. The van der Waals surface area contributed by atoms with Gasteiger partial charge in [0.05, 0.1) is 0 Å². The Morgan fingerprint density at radius 2 is 1.39 bits per heavy atom. The Morgan fingerprint density at radius 3 is 1.72 bits per heavy atom. The molecule has 1 rings (SSSR count). The van der Waals surface area contributed by atoms with E-state index in [-0.39, 0.29) is 11.1 Å². The minimum Gasteiger partial charge on any atom is -0.414 e. The molecule has 3 heteroatoms. The fourth-order valence-electron chi connectivity index (χ4n) is 2.91. The second-order valence-corrected chi connectivity index (χ2v) is 13.6. The molecule has 1 aliphatic rings. The predicted octanol–water partition coefficient (Wildman–Crippen LogP) is 4.32. The van der Waals surface area contributed by atoms with Gasteiger partial charge in [0.25, 0.3) is 0 Å². The van der Waals surface area contributed by atoms with Crippen LogP contribution in [0, 0.1) is 0 Å². The van der Waals surface area contributed by atoms with Crippen molar-refractivity contribution in [1.82, 2.24) is 5.32 Å². The molecule has 1 N–H and O–H groups in total. The fourth-order valence-corrected chi connectivity index (χ4v) is 4.26. The number of piperidine rings is 1. The summed E-state index contributed by atoms with van der Waals surface area (Å²) in [5.41, 5.74) is 0.351. The first-order valence-corrected chi connectivity index (χ1v) is 10.1. The summed E-state index contributed by atoms with van der Waals surface area (Å²) >= 11 is 0. The molecule has 0 aromatic carbocycles. The molecular formula is C15H33NOSi. The number of nitrogens with one attached hydrogen (secondary N) is 1. The van der Waals surface area contributed by atoms with Crippen LogP contribution in [0.1, 0.15) is 61.3 Å². The van der Waals surface area contributed by atoms with E-state index in [4.69, 9.17) is 4.43 Å². The fraction of sp³-hybridized carbons (Fsp3) is 1.00. The Morgan fingerprint density at radius 1 is 1.00 bits per heavy atom. The van der Waals surface area contributed by atoms with Crippen LogP contribution in [0.3, 0.4) is 0 Å². The van der Waals surface area contributed by atoms with Gasteiger partial charge >= 0.3 is 0 Å². The van der Waals surface area contributed by atoms with Crippen LogP contribution in [-0.4, -0.2) is 25.5 Å². The van der Waals surface area contributed by atoms with E-state index in [1.165, 1.54) is 0 Å². The lowest BCUT2D eigenvalue weighted by Gasteiger charge is -2.49. The lowest BCUT2D eigenvalue weighted by atomic mass is 9.81. The van der Waals surface area contributed by atoms with Crippen molar-refractivity contribution in [3.63, 3.8) is 0 Å². The van der Waals surface area contributed by atoms with E-state index in [1.807, 2.05) is 0 Å². The highest BCUT2D eigenvalue weighted by atomic mass is 28.4. The van der Waals surface area contributed by atoms with Gasteiger partial charge in [-0.1, -0.05) is 20.8 Å². The second kappa shape index (κ2) is 4.60. The molecular weight excluding hydrogens is 238 g/mol. The molecule has 108 valence electrons. The molecule has 2 nitrogen and oxygen atoms in total. The number of hydrogen-bond donors (Lipinski definition) is 1. The third-order valence-electron chi connectivity index (χ3n) is 4.42. The summed E-state index contributed by atoms with van der Waals surface area (Å²) < 4.78 is 6.61. The zero-order valence-corrected chi connectivity index (χ0v) is 14.9. The minimum atomic E-state index is -1.65. The Hall–Kier alpha value is 0.137. The maximum absolute atomic E-state index is 6.61. The van der Waals surface area contributed by atoms with E-state index in [0.717, 1.165) is 12.8 Å². The molecule has 0 aromatic heterocycles. The maximum Gasteiger partial charge on any atom is 0.192 e. The molecule has 1 saturated heterocycles. The first kappa shape index (κ1) is 16.2. The van der Waals surface area contributed by atoms with Crippen LogP contribution in [0.4, 0.5) is 0 Å². The smallest absolute Gasteiger partial charge is 0.192 e. The van der Waals surface area contributed by atoms with Crippen molar-refractivity contribution in [2.24, 2.45) is 0 Å². The van der Waals surface area contributed by atoms with Gasteiger partial charge in [-0.25, -0.2) is 0 Å². The maximum atomic E-state index is 6.61. The van der Waals surface area contributed by atoms with Crippen LogP contribution in [-0.2, 0) is 4.43 Å². The van der Waals surface area contributed by atoms with E-state index in [1.54, 1.807) is 0 Å². The Labute approximate surface area is 115 Å². The molecule has 18 heavy (non-hydrogen) atoms. The van der Waals surface area contributed by atoms with Gasteiger partial charge in [-0.05, 0) is 58.7 Å². The van der Waals surface area contributed by atoms with Crippen molar-refractivity contribution >= 4 is 8.32 Å². The van der Waals surface area contributed by atoms with Crippen LogP contribution in [0.2, 0.25) is 18.1 Å². The summed E-state index contributed by atoms with van der Waals surface area (Å²) in [6, 6.07) is 0. The van der Waals surface area contributed by atoms with E-state index in [9.17, 15) is 0 Å². The van der Waals surface area contributed by atoms with Gasteiger partial charge in [0, 0.05) is 17.2 Å². The molecule has 0 bridgehead atoms. The van der Waals surface area contributed by atoms with Gasteiger partial charge in [0.2, 0.25) is 0 Å². The molecule has 0 aromatic rings. The van der Waals surface area contributed by atoms with Gasteiger partial charge in [-0.15, -0.1) is 0 Å². The monoisotopic (exact) mass is 271 g/mol. The van der Waals surface area contributed by atoms with Crippen molar-refractivity contribution in [3.8, 4) is 0 Å². The van der Waals surface area contributed by atoms with E-state index in [2.05, 4.69) is 66.9 Å². The van der Waals surface area contributed by atoms with Crippen LogP contribution >= 0.6 is 0 Å². The van der Waals surface area contributed by atoms with Gasteiger partial charge in [-0.2, -0.15) is 0 Å². The molecule has 0 unspecified atom stereocenters. The number of hydrogen-bond acceptors (Lipinski definition) is 2. The zero-order valence-electron chi connectivity index (χ0n) is 13.9. The largest absolute Gasteiger partial charge is 0.414 e. The van der Waals surface area contributed by atoms with Crippen molar-refractivity contribution in [2.45, 2.75) is 96.6 Å². The van der Waals surface area contributed by atoms with Gasteiger partial charge < -0.3 is 9.74 Å². The van der Waals surface area contributed by atoms with Crippen LogP contribution in [0.15, 0.2) is 0 Å². The average molecular weight is 272 g/mol. The summed E-state index contributed by atoms with van der Waals surface area (Å²) in [5.74, 6) is 0. The van der Waals surface area contributed by atoms with Crippen molar-refractivity contribution in [2.75, 3.05) is 0 Å². The van der Waals surface area contributed by atoms with Crippen LogP contribution < -0.4 is 5.32 Å². The summed E-state index contributed by atoms with van der Waals surface area (Å²) in [4.78, 5) is 0. The molecule has 1 fully saturated rings. The van der Waals surface area contributed by atoms with E-state index < -0.39 is 8.32 Å². The minimum absolute atomic E-state index is 0.175. The molecule has 1 heterocycles. The third-order valence-corrected chi connectivity index (χ3v) is 8.96. The molecule has 0 amide bonds. The van der Waals surface area contributed by atoms with E-state index in [0.29, 0.717) is 11.1 Å². The number of rotatable bonds is 2. The highest BCUT2D eigenvalue weighted by molar-refractivity contribution is 6.74. The summed E-state index contributed by atoms with van der Waals surface area (Å²) in [5, 5.41) is 4.02. The first-order valence-electron chi connectivity index (χ1n) is 7.21. The highest BCUT2D eigenvalue weighted by Crippen LogP contribution is 2.40. The Bertz CT molecular complexity index is 286. The van der Waals surface area contributed by atoms with Gasteiger partial charge in [-0.3, -0.25) is 0 Å². The molecule has 0 spiro atoms. The Balaban J connectivity index is 2.79. The van der Waals surface area contributed by atoms with Gasteiger partial charge in [0.1, 0.15) is 0 Å². The van der Waals surface area contributed by atoms with Crippen LogP contribution in [0.5, 0.6) is 0 Å². The zero-order chi connectivity index (χ0) is 14.4. The lowest BCUT2D eigenvalue weighted by molar-refractivity contribution is 0.0469. The quantitative estimate of drug-likeness (QED) is 0.755. The van der Waals surface area contributed by atoms with Crippen molar-refractivity contribution in [3.05, 3.63) is 0 Å². The first-order chi connectivity index (χ1) is 7.74. The SMILES string of the molecule is CC1(C)CC(O[Si](C)(C)C(C)(C)C)CC(C)(C)N1. The van der Waals surface area contributed by atoms with Crippen LogP contribution in [0.25, 0.3) is 0 Å². The molecule has 0 saturated carbocycles. The van der Waals surface area contributed by atoms with Gasteiger partial charge in [0.15, 0.2) is 8.32 Å². The van der Waals surface area contributed by atoms with Crippen molar-refractivity contribution < 1.29 is 4.43 Å². The molecule has 1 aliphatic heterocycles. The summed E-state index contributed by atoms with van der Waals surface area (Å²) in [7, 11) is -1.65. The second-order valence-electron chi connectivity index (χ2n) is 8.80. The average Bonchev–Trinajstić information content (AvgIpc) is 1.92. The standard InChI is InChI=1S/C15H33NOSi/c1-13(2,3)18(8,9)17-12-10-14(4,5)16-15(6,7)11-12/h12,16H,10-11H2,1-9H3. The lowest BCUT2D eigenvalue weighted by Crippen LogP contribution is -2.61. The third kappa shape index (κ3) is 4.07. The topological polar surface area (TPSA) is 21.3 Å². The molecule has 0 radical (unpaired) electrons. The molecule has 0 atom stereocenters. The van der Waals surface area contributed by atoms with E-state index >= 15 is 0 Å². The normalized spacial score (nSPS) is 25.2. The highest BCUT2D eigenvalue weighted by Gasteiger charge is 2.44. The molecule has 0 aliphatic carbocycles. The summed E-state index contributed by atoms with van der Waals surface area (Å²) in [6.07, 6.45) is 2.63. The van der Waals surface area contributed by atoms with Crippen molar-refractivity contribution in [1.29, 1.82) is 0 Å². The Kier molecular flexibility index (Phi) is 4.14. The summed E-state index contributed by atoms with van der Waals surface area (Å²) in [6.45, 7) is 20.8.